The molecule has 22 heavy (non-hydrogen) atoms. The molecule has 2 N–H and O–H groups in total. The maximum absolute atomic E-state index is 12.0. The Bertz CT molecular complexity index is 648. The van der Waals surface area contributed by atoms with Gasteiger partial charge < -0.3 is 19.6 Å². The number of carbonyl (C=O) groups is 2. The lowest BCUT2D eigenvalue weighted by Crippen LogP contribution is -2.44. The molecule has 1 heterocycles. The van der Waals surface area contributed by atoms with Gasteiger partial charge in [-0.1, -0.05) is 32.0 Å². The van der Waals surface area contributed by atoms with Crippen molar-refractivity contribution in [3.63, 3.8) is 0 Å². The van der Waals surface area contributed by atoms with Gasteiger partial charge in [-0.25, -0.2) is 4.79 Å². The zero-order valence-electron chi connectivity index (χ0n) is 12.3. The molecule has 0 saturated heterocycles. The minimum Gasteiger partial charge on any atom is -0.480 e. The van der Waals surface area contributed by atoms with E-state index in [9.17, 15) is 9.59 Å². The molecule has 2 rings (SSSR count). The summed E-state index contributed by atoms with van der Waals surface area (Å²) in [5, 5.41) is 11.5. The van der Waals surface area contributed by atoms with Gasteiger partial charge in [-0.05, 0) is 24.1 Å². The van der Waals surface area contributed by atoms with Crippen LogP contribution in [-0.2, 0) is 4.79 Å². The van der Waals surface area contributed by atoms with Gasteiger partial charge in [-0.15, -0.1) is 0 Å². The largest absolute Gasteiger partial charge is 0.480 e. The maximum atomic E-state index is 12.0. The molecule has 1 atom stereocenters. The molecule has 0 fully saturated rings. The van der Waals surface area contributed by atoms with Crippen LogP contribution in [0.3, 0.4) is 0 Å². The van der Waals surface area contributed by atoms with Gasteiger partial charge in [-0.3, -0.25) is 4.79 Å². The first-order valence-electron chi connectivity index (χ1n) is 6.84. The molecule has 0 radical (unpaired) electrons. The van der Waals surface area contributed by atoms with Crippen LogP contribution in [0.15, 0.2) is 46.9 Å². The lowest BCUT2D eigenvalue weighted by atomic mass is 10.0. The second kappa shape index (κ2) is 6.80. The first-order chi connectivity index (χ1) is 10.5. The minimum atomic E-state index is -1.09. The van der Waals surface area contributed by atoms with Gasteiger partial charge in [0.2, 0.25) is 0 Å². The number of carbonyl (C=O) groups excluding carboxylic acids is 1. The fourth-order valence-electron chi connectivity index (χ4n) is 1.83. The highest BCUT2D eigenvalue weighted by molar-refractivity contribution is 5.94. The van der Waals surface area contributed by atoms with Gasteiger partial charge in [0.15, 0.2) is 5.76 Å². The highest BCUT2D eigenvalue weighted by atomic mass is 16.6. The van der Waals surface area contributed by atoms with Crippen molar-refractivity contribution in [2.75, 3.05) is 0 Å². The van der Waals surface area contributed by atoms with E-state index in [0.717, 1.165) is 0 Å². The van der Waals surface area contributed by atoms with E-state index in [2.05, 4.69) is 5.32 Å². The number of aliphatic carboxylic acids is 1. The molecule has 1 amide bonds. The van der Waals surface area contributed by atoms with Crippen LogP contribution in [0.5, 0.6) is 11.7 Å². The van der Waals surface area contributed by atoms with Crippen LogP contribution in [0, 0.1) is 5.92 Å². The van der Waals surface area contributed by atoms with E-state index in [-0.39, 0.29) is 17.6 Å². The molecular weight excluding hydrogens is 286 g/mol. The minimum absolute atomic E-state index is 0.00201. The van der Waals surface area contributed by atoms with Crippen molar-refractivity contribution in [2.45, 2.75) is 19.9 Å². The number of rotatable bonds is 6. The summed E-state index contributed by atoms with van der Waals surface area (Å²) in [5.74, 6) is -1.18. The third-order valence-electron chi connectivity index (χ3n) is 2.99. The van der Waals surface area contributed by atoms with Gasteiger partial charge in [0, 0.05) is 6.07 Å². The average molecular weight is 303 g/mol. The highest BCUT2D eigenvalue weighted by Crippen LogP contribution is 2.23. The zero-order valence-corrected chi connectivity index (χ0v) is 12.3. The first-order valence-corrected chi connectivity index (χ1v) is 6.84. The van der Waals surface area contributed by atoms with Crippen molar-refractivity contribution < 1.29 is 23.8 Å². The average Bonchev–Trinajstić information content (AvgIpc) is 2.93. The second-order valence-electron chi connectivity index (χ2n) is 5.07. The predicted molar refractivity (Wildman–Crippen MR) is 79.0 cm³/mol. The van der Waals surface area contributed by atoms with Crippen LogP contribution in [0.25, 0.3) is 0 Å². The van der Waals surface area contributed by atoms with Gasteiger partial charge in [0.05, 0.1) is 0 Å². The van der Waals surface area contributed by atoms with Crippen LogP contribution in [0.2, 0.25) is 0 Å². The van der Waals surface area contributed by atoms with Crippen LogP contribution in [0.4, 0.5) is 0 Å². The predicted octanol–water partition coefficient (Wildman–Crippen LogP) is 2.91. The van der Waals surface area contributed by atoms with Crippen molar-refractivity contribution in [2.24, 2.45) is 5.92 Å². The Kier molecular flexibility index (Phi) is 4.83. The number of para-hydroxylation sites is 1. The van der Waals surface area contributed by atoms with Crippen molar-refractivity contribution in [1.29, 1.82) is 0 Å². The lowest BCUT2D eigenvalue weighted by Gasteiger charge is -2.16. The molecule has 6 nitrogen and oxygen atoms in total. The highest BCUT2D eigenvalue weighted by Gasteiger charge is 2.25. The Balaban J connectivity index is 2.04. The SMILES string of the molecule is CC(C)C(NC(=O)c1ccc(Oc2ccccc2)o1)C(=O)O. The topological polar surface area (TPSA) is 88.8 Å². The summed E-state index contributed by atoms with van der Waals surface area (Å²) >= 11 is 0. The van der Waals surface area contributed by atoms with Crippen molar-refractivity contribution >= 4 is 11.9 Å². The monoisotopic (exact) mass is 303 g/mol. The number of hydrogen-bond acceptors (Lipinski definition) is 4. The number of hydrogen-bond donors (Lipinski definition) is 2. The van der Waals surface area contributed by atoms with Crippen molar-refractivity contribution in [3.8, 4) is 11.7 Å². The summed E-state index contributed by atoms with van der Waals surface area (Å²) in [6.45, 7) is 3.43. The molecule has 1 aromatic heterocycles. The standard InChI is InChI=1S/C16H17NO5/c1-10(2)14(16(19)20)17-15(18)12-8-9-13(22-12)21-11-6-4-3-5-7-11/h3-10,14H,1-2H3,(H,17,18)(H,19,20). The molecule has 2 aromatic rings. The van der Waals surface area contributed by atoms with Crippen molar-refractivity contribution in [1.82, 2.24) is 5.32 Å². The van der Waals surface area contributed by atoms with E-state index < -0.39 is 17.9 Å². The normalized spacial score (nSPS) is 12.0. The number of benzene rings is 1. The van der Waals surface area contributed by atoms with E-state index in [1.807, 2.05) is 18.2 Å². The van der Waals surface area contributed by atoms with Crippen LogP contribution < -0.4 is 10.1 Å². The van der Waals surface area contributed by atoms with Gasteiger partial charge in [0.25, 0.3) is 11.9 Å². The summed E-state index contributed by atoms with van der Waals surface area (Å²) in [4.78, 5) is 23.1. The molecule has 0 spiro atoms. The maximum Gasteiger partial charge on any atom is 0.326 e. The van der Waals surface area contributed by atoms with E-state index in [1.165, 1.54) is 12.1 Å². The number of carboxylic acids is 1. The van der Waals surface area contributed by atoms with Crippen molar-refractivity contribution in [3.05, 3.63) is 48.2 Å². The van der Waals surface area contributed by atoms with E-state index in [1.54, 1.807) is 26.0 Å². The lowest BCUT2D eigenvalue weighted by molar-refractivity contribution is -0.140. The smallest absolute Gasteiger partial charge is 0.326 e. The Morgan fingerprint density at radius 2 is 1.82 bits per heavy atom. The fourth-order valence-corrected chi connectivity index (χ4v) is 1.83. The molecule has 0 aliphatic carbocycles. The zero-order chi connectivity index (χ0) is 16.1. The Hall–Kier alpha value is -2.76. The van der Waals surface area contributed by atoms with Crippen LogP contribution in [0.1, 0.15) is 24.4 Å². The molecular formula is C16H17NO5. The summed E-state index contributed by atoms with van der Waals surface area (Å²) in [5.41, 5.74) is 0. The van der Waals surface area contributed by atoms with E-state index >= 15 is 0 Å². The number of furan rings is 1. The molecule has 0 saturated carbocycles. The molecule has 0 aliphatic heterocycles. The van der Waals surface area contributed by atoms with Gasteiger partial charge in [0.1, 0.15) is 11.8 Å². The summed E-state index contributed by atoms with van der Waals surface area (Å²) in [6, 6.07) is 10.9. The third-order valence-corrected chi connectivity index (χ3v) is 2.99. The number of carboxylic acid groups (broad SMARTS) is 1. The molecule has 6 heteroatoms. The number of amides is 1. The molecule has 1 aromatic carbocycles. The molecule has 116 valence electrons. The Labute approximate surface area is 127 Å². The van der Waals surface area contributed by atoms with Crippen LogP contribution >= 0.6 is 0 Å². The Morgan fingerprint density at radius 3 is 2.41 bits per heavy atom. The first kappa shape index (κ1) is 15.6. The molecule has 0 bridgehead atoms. The fraction of sp³-hybridized carbons (Fsp3) is 0.250. The third kappa shape index (κ3) is 3.88. The van der Waals surface area contributed by atoms with Gasteiger partial charge in [-0.2, -0.15) is 0 Å². The van der Waals surface area contributed by atoms with Gasteiger partial charge >= 0.3 is 5.97 Å². The quantitative estimate of drug-likeness (QED) is 0.856. The molecule has 0 aliphatic rings. The summed E-state index contributed by atoms with van der Waals surface area (Å²) in [7, 11) is 0. The summed E-state index contributed by atoms with van der Waals surface area (Å²) in [6.07, 6.45) is 0. The van der Waals surface area contributed by atoms with Crippen LogP contribution in [-0.4, -0.2) is 23.0 Å². The number of nitrogens with one attached hydrogen (secondary N) is 1. The Morgan fingerprint density at radius 1 is 1.14 bits per heavy atom. The molecule has 1 unspecified atom stereocenters. The number of ether oxygens (including phenoxy) is 1. The van der Waals surface area contributed by atoms with E-state index in [0.29, 0.717) is 5.75 Å². The summed E-state index contributed by atoms with van der Waals surface area (Å²) < 4.78 is 10.7. The van der Waals surface area contributed by atoms with E-state index in [4.69, 9.17) is 14.3 Å². The second-order valence-corrected chi connectivity index (χ2v) is 5.07.